The summed E-state index contributed by atoms with van der Waals surface area (Å²) in [5.41, 5.74) is 0. The Balaban J connectivity index is 2.42. The number of esters is 1. The highest BCUT2D eigenvalue weighted by molar-refractivity contribution is 5.70. The molecule has 0 aromatic heterocycles. The summed E-state index contributed by atoms with van der Waals surface area (Å²) in [4.78, 5) is 10.7. The zero-order chi connectivity index (χ0) is 7.56. The minimum absolute atomic E-state index is 0.0196. The average Bonchev–Trinajstić information content (AvgIpc) is 1.85. The van der Waals surface area contributed by atoms with Gasteiger partial charge in [-0.05, 0) is 6.92 Å². The van der Waals surface area contributed by atoms with E-state index < -0.39 is 0 Å². The van der Waals surface area contributed by atoms with Crippen LogP contribution in [0.3, 0.4) is 0 Å². The third kappa shape index (κ3) is 1.70. The van der Waals surface area contributed by atoms with E-state index in [1.807, 2.05) is 6.92 Å². The van der Waals surface area contributed by atoms with Gasteiger partial charge in [0.05, 0.1) is 12.5 Å². The Morgan fingerprint density at radius 1 is 1.70 bits per heavy atom. The lowest BCUT2D eigenvalue weighted by Crippen LogP contribution is -2.31. The van der Waals surface area contributed by atoms with Crippen LogP contribution in [0, 0.1) is 0 Å². The Morgan fingerprint density at radius 3 is 2.90 bits per heavy atom. The predicted molar refractivity (Wildman–Crippen MR) is 35.6 cm³/mol. The van der Waals surface area contributed by atoms with Crippen LogP contribution in [0.2, 0.25) is 0 Å². The van der Waals surface area contributed by atoms with Crippen molar-refractivity contribution in [2.75, 3.05) is 7.11 Å². The number of rotatable bonds is 1. The van der Waals surface area contributed by atoms with E-state index in [1.165, 1.54) is 0 Å². The molecule has 2 atom stereocenters. The highest BCUT2D eigenvalue weighted by atomic mass is 16.6. The average molecular weight is 144 g/mol. The standard InChI is InChI=1S/C7H12O3/c1-5-3-6(9-2)4-7(8)10-5/h5-6H,3-4H2,1-2H3/t5-,6+/m1/s1. The quantitative estimate of drug-likeness (QED) is 0.509. The molecule has 0 aromatic carbocycles. The molecule has 0 aliphatic carbocycles. The SMILES string of the molecule is CO[C@@H]1CC(=O)O[C@H](C)C1. The first-order valence-corrected chi connectivity index (χ1v) is 3.44. The van der Waals surface area contributed by atoms with Crippen LogP contribution in [0.15, 0.2) is 0 Å². The Hall–Kier alpha value is -0.570. The monoisotopic (exact) mass is 144 g/mol. The molecule has 0 aromatic rings. The van der Waals surface area contributed by atoms with Crippen molar-refractivity contribution in [2.45, 2.75) is 32.0 Å². The van der Waals surface area contributed by atoms with Crippen molar-refractivity contribution in [1.29, 1.82) is 0 Å². The van der Waals surface area contributed by atoms with E-state index in [0.29, 0.717) is 6.42 Å². The van der Waals surface area contributed by atoms with Crippen LogP contribution in [-0.2, 0) is 14.3 Å². The van der Waals surface area contributed by atoms with Gasteiger partial charge in [-0.3, -0.25) is 4.79 Å². The molecule has 0 unspecified atom stereocenters. The lowest BCUT2D eigenvalue weighted by molar-refractivity contribution is -0.159. The smallest absolute Gasteiger partial charge is 0.308 e. The van der Waals surface area contributed by atoms with Crippen LogP contribution in [0.1, 0.15) is 19.8 Å². The first kappa shape index (κ1) is 7.54. The van der Waals surface area contributed by atoms with Gasteiger partial charge >= 0.3 is 5.97 Å². The molecule has 0 amide bonds. The van der Waals surface area contributed by atoms with E-state index in [4.69, 9.17) is 9.47 Å². The molecule has 1 heterocycles. The van der Waals surface area contributed by atoms with Crippen molar-refractivity contribution in [3.63, 3.8) is 0 Å². The maximum atomic E-state index is 10.7. The van der Waals surface area contributed by atoms with Crippen LogP contribution >= 0.6 is 0 Å². The summed E-state index contributed by atoms with van der Waals surface area (Å²) in [6, 6.07) is 0. The molecule has 58 valence electrons. The van der Waals surface area contributed by atoms with Crippen molar-refractivity contribution in [1.82, 2.24) is 0 Å². The minimum atomic E-state index is -0.148. The van der Waals surface area contributed by atoms with E-state index in [-0.39, 0.29) is 18.2 Å². The van der Waals surface area contributed by atoms with Crippen molar-refractivity contribution >= 4 is 5.97 Å². The molecule has 1 rings (SSSR count). The summed E-state index contributed by atoms with van der Waals surface area (Å²) < 4.78 is 9.93. The molecule has 0 N–H and O–H groups in total. The highest BCUT2D eigenvalue weighted by Crippen LogP contribution is 2.16. The molecule has 0 bridgehead atoms. The fraction of sp³-hybridized carbons (Fsp3) is 0.857. The molecule has 0 radical (unpaired) electrons. The fourth-order valence-electron chi connectivity index (χ4n) is 1.14. The minimum Gasteiger partial charge on any atom is -0.462 e. The van der Waals surface area contributed by atoms with Gasteiger partial charge in [0.1, 0.15) is 6.10 Å². The lowest BCUT2D eigenvalue weighted by Gasteiger charge is -2.25. The number of hydrogen-bond acceptors (Lipinski definition) is 3. The fourth-order valence-corrected chi connectivity index (χ4v) is 1.14. The summed E-state index contributed by atoms with van der Waals surface area (Å²) in [6.07, 6.45) is 1.31. The number of hydrogen-bond donors (Lipinski definition) is 0. The Labute approximate surface area is 60.3 Å². The van der Waals surface area contributed by atoms with Gasteiger partial charge in [-0.15, -0.1) is 0 Å². The molecule has 3 nitrogen and oxygen atoms in total. The highest BCUT2D eigenvalue weighted by Gasteiger charge is 2.25. The van der Waals surface area contributed by atoms with E-state index in [0.717, 1.165) is 6.42 Å². The summed E-state index contributed by atoms with van der Waals surface area (Å²) in [6.45, 7) is 1.88. The summed E-state index contributed by atoms with van der Waals surface area (Å²) >= 11 is 0. The molecular weight excluding hydrogens is 132 g/mol. The van der Waals surface area contributed by atoms with E-state index in [2.05, 4.69) is 0 Å². The van der Waals surface area contributed by atoms with Gasteiger partial charge in [-0.25, -0.2) is 0 Å². The third-order valence-corrected chi connectivity index (χ3v) is 1.66. The first-order valence-electron chi connectivity index (χ1n) is 3.44. The van der Waals surface area contributed by atoms with Gasteiger partial charge in [-0.2, -0.15) is 0 Å². The normalized spacial score (nSPS) is 33.6. The maximum absolute atomic E-state index is 10.7. The molecule has 1 saturated heterocycles. The van der Waals surface area contributed by atoms with Gasteiger partial charge in [0.25, 0.3) is 0 Å². The molecule has 1 aliphatic heterocycles. The van der Waals surface area contributed by atoms with Gasteiger partial charge in [0.15, 0.2) is 0 Å². The van der Waals surface area contributed by atoms with Crippen LogP contribution < -0.4 is 0 Å². The maximum Gasteiger partial charge on any atom is 0.308 e. The van der Waals surface area contributed by atoms with Crippen LogP contribution in [0.25, 0.3) is 0 Å². The molecular formula is C7H12O3. The van der Waals surface area contributed by atoms with Crippen LogP contribution in [0.5, 0.6) is 0 Å². The largest absolute Gasteiger partial charge is 0.462 e. The first-order chi connectivity index (χ1) is 4.72. The molecule has 1 fully saturated rings. The second kappa shape index (κ2) is 3.01. The number of carbonyl (C=O) groups excluding carboxylic acids is 1. The predicted octanol–water partition coefficient (Wildman–Crippen LogP) is 0.727. The topological polar surface area (TPSA) is 35.5 Å². The molecule has 0 saturated carbocycles. The van der Waals surface area contributed by atoms with Crippen molar-refractivity contribution in [3.8, 4) is 0 Å². The zero-order valence-corrected chi connectivity index (χ0v) is 6.29. The number of carbonyl (C=O) groups is 1. The lowest BCUT2D eigenvalue weighted by atomic mass is 10.1. The summed E-state index contributed by atoms with van der Waals surface area (Å²) in [7, 11) is 1.62. The Morgan fingerprint density at radius 2 is 2.40 bits per heavy atom. The second-order valence-electron chi connectivity index (χ2n) is 2.60. The molecule has 1 aliphatic rings. The Bertz CT molecular complexity index is 133. The zero-order valence-electron chi connectivity index (χ0n) is 6.29. The Kier molecular flexibility index (Phi) is 2.27. The van der Waals surface area contributed by atoms with Gasteiger partial charge in [-0.1, -0.05) is 0 Å². The summed E-state index contributed by atoms with van der Waals surface area (Å²) in [5, 5.41) is 0. The van der Waals surface area contributed by atoms with E-state index >= 15 is 0 Å². The van der Waals surface area contributed by atoms with Crippen LogP contribution in [0.4, 0.5) is 0 Å². The van der Waals surface area contributed by atoms with Crippen molar-refractivity contribution < 1.29 is 14.3 Å². The van der Waals surface area contributed by atoms with Crippen LogP contribution in [-0.4, -0.2) is 25.3 Å². The van der Waals surface area contributed by atoms with Gasteiger partial charge < -0.3 is 9.47 Å². The number of cyclic esters (lactones) is 1. The third-order valence-electron chi connectivity index (χ3n) is 1.66. The number of methoxy groups -OCH3 is 1. The molecule has 10 heavy (non-hydrogen) atoms. The van der Waals surface area contributed by atoms with Crippen molar-refractivity contribution in [3.05, 3.63) is 0 Å². The molecule has 3 heteroatoms. The van der Waals surface area contributed by atoms with Gasteiger partial charge in [0, 0.05) is 13.5 Å². The van der Waals surface area contributed by atoms with E-state index in [1.54, 1.807) is 7.11 Å². The summed E-state index contributed by atoms with van der Waals surface area (Å²) in [5.74, 6) is -0.148. The molecule has 0 spiro atoms. The second-order valence-corrected chi connectivity index (χ2v) is 2.60. The van der Waals surface area contributed by atoms with Gasteiger partial charge in [0.2, 0.25) is 0 Å². The van der Waals surface area contributed by atoms with Crippen molar-refractivity contribution in [2.24, 2.45) is 0 Å². The number of ether oxygens (including phenoxy) is 2. The van der Waals surface area contributed by atoms with E-state index in [9.17, 15) is 4.79 Å².